The van der Waals surface area contributed by atoms with Crippen LogP contribution in [0.2, 0.25) is 25.7 Å². The molecule has 0 bridgehead atoms. The Kier molecular flexibility index (Phi) is 6.07. The second-order valence-electron chi connectivity index (χ2n) is 7.12. The fourth-order valence-electron chi connectivity index (χ4n) is 2.18. The van der Waals surface area contributed by atoms with Crippen molar-refractivity contribution in [3.63, 3.8) is 0 Å². The molecular weight excluding hydrogens is 349 g/mol. The summed E-state index contributed by atoms with van der Waals surface area (Å²) in [5.74, 6) is 0.199. The molecule has 2 rings (SSSR count). The number of aromatic nitrogens is 2. The van der Waals surface area contributed by atoms with Gasteiger partial charge in [0.1, 0.15) is 12.6 Å². The van der Waals surface area contributed by atoms with Crippen molar-refractivity contribution < 1.29 is 23.0 Å². The molecule has 2 aromatic rings. The molecule has 0 radical (unpaired) electrons. The number of aliphatic hydroxyl groups excluding tert-OH is 1. The van der Waals surface area contributed by atoms with Crippen LogP contribution in [0.5, 0.6) is 0 Å². The van der Waals surface area contributed by atoms with Crippen molar-refractivity contribution in [3.05, 3.63) is 41.7 Å². The van der Waals surface area contributed by atoms with E-state index in [1.54, 1.807) is 24.3 Å². The Hall–Kier alpha value is -1.64. The first-order valence-electron chi connectivity index (χ1n) is 8.02. The number of alkyl halides is 3. The molecule has 8 heteroatoms. The van der Waals surface area contributed by atoms with Crippen molar-refractivity contribution in [2.75, 3.05) is 6.61 Å². The van der Waals surface area contributed by atoms with Crippen LogP contribution in [0.4, 0.5) is 13.2 Å². The number of halogens is 3. The third-order valence-electron chi connectivity index (χ3n) is 3.69. The average Bonchev–Trinajstić information content (AvgIpc) is 2.95. The molecule has 0 fully saturated rings. The van der Waals surface area contributed by atoms with Crippen LogP contribution < -0.4 is 0 Å². The predicted molar refractivity (Wildman–Crippen MR) is 92.7 cm³/mol. The molecule has 1 N–H and O–H groups in total. The molecule has 0 saturated heterocycles. The Morgan fingerprint density at radius 2 is 1.80 bits per heavy atom. The van der Waals surface area contributed by atoms with Crippen LogP contribution in [0.3, 0.4) is 0 Å². The summed E-state index contributed by atoms with van der Waals surface area (Å²) in [5, 5.41) is 9.09. The number of hydrogen-bond donors (Lipinski definition) is 1. The molecule has 4 nitrogen and oxygen atoms in total. The average molecular weight is 372 g/mol. The lowest BCUT2D eigenvalue weighted by Gasteiger charge is -2.16. The first kappa shape index (κ1) is 19.7. The smallest absolute Gasteiger partial charge is 0.392 e. The second-order valence-corrected chi connectivity index (χ2v) is 12.7. The van der Waals surface area contributed by atoms with Gasteiger partial charge in [-0.2, -0.15) is 13.2 Å². The lowest BCUT2D eigenvalue weighted by molar-refractivity contribution is -0.141. The van der Waals surface area contributed by atoms with Crippen LogP contribution >= 0.6 is 0 Å². The summed E-state index contributed by atoms with van der Waals surface area (Å²) < 4.78 is 46.0. The van der Waals surface area contributed by atoms with Gasteiger partial charge in [-0.05, 0) is 11.6 Å². The summed E-state index contributed by atoms with van der Waals surface area (Å²) in [7, 11) is -1.26. The molecule has 0 atom stereocenters. The minimum absolute atomic E-state index is 0.0185. The highest BCUT2D eigenvalue weighted by Gasteiger charge is 2.35. The van der Waals surface area contributed by atoms with Gasteiger partial charge in [-0.25, -0.2) is 4.98 Å². The van der Waals surface area contributed by atoms with Gasteiger partial charge >= 0.3 is 6.18 Å². The van der Waals surface area contributed by atoms with Crippen molar-refractivity contribution in [2.45, 2.75) is 45.2 Å². The quantitative estimate of drug-likeness (QED) is 0.580. The second kappa shape index (κ2) is 7.71. The van der Waals surface area contributed by atoms with Crippen LogP contribution in [0, 0.1) is 0 Å². The Morgan fingerprint density at radius 3 is 2.32 bits per heavy atom. The molecule has 1 aromatic heterocycles. The fourth-order valence-corrected chi connectivity index (χ4v) is 2.94. The van der Waals surface area contributed by atoms with Gasteiger partial charge in [0.2, 0.25) is 0 Å². The molecule has 25 heavy (non-hydrogen) atoms. The van der Waals surface area contributed by atoms with E-state index in [9.17, 15) is 13.2 Å². The van der Waals surface area contributed by atoms with Gasteiger partial charge in [0.15, 0.2) is 5.69 Å². The Morgan fingerprint density at radius 1 is 1.16 bits per heavy atom. The minimum atomic E-state index is -4.51. The molecule has 1 aromatic carbocycles. The summed E-state index contributed by atoms with van der Waals surface area (Å²) in [6.45, 7) is 7.04. The van der Waals surface area contributed by atoms with Gasteiger partial charge in [-0.15, -0.1) is 0 Å². The Bertz CT molecular complexity index is 691. The number of hydrogen-bond acceptors (Lipinski definition) is 3. The van der Waals surface area contributed by atoms with Gasteiger partial charge in [0.05, 0.1) is 6.61 Å². The van der Waals surface area contributed by atoms with Crippen LogP contribution in [-0.4, -0.2) is 29.3 Å². The van der Waals surface area contributed by atoms with Gasteiger partial charge < -0.3 is 14.4 Å². The lowest BCUT2D eigenvalue weighted by atomic mass is 10.1. The maximum absolute atomic E-state index is 13.0. The third kappa shape index (κ3) is 5.69. The molecule has 138 valence electrons. The summed E-state index contributed by atoms with van der Waals surface area (Å²) >= 11 is 0. The minimum Gasteiger partial charge on any atom is -0.392 e. The van der Waals surface area contributed by atoms with E-state index in [-0.39, 0.29) is 19.2 Å². The van der Waals surface area contributed by atoms with Crippen molar-refractivity contribution in [3.8, 4) is 11.4 Å². The fraction of sp³-hybridized carbons (Fsp3) is 0.471. The normalized spacial score (nSPS) is 12.6. The van der Waals surface area contributed by atoms with Crippen molar-refractivity contribution in [2.24, 2.45) is 0 Å². The molecule has 0 aliphatic rings. The standard InChI is InChI=1S/C17H23F3N2O2Si/c1-25(2,3)9-8-24-12-22-10-15(17(18,19)20)21-16(22)14-6-4-13(11-23)5-7-14/h4-7,10,23H,8-9,11-12H2,1-3H3. The molecule has 0 spiro atoms. The highest BCUT2D eigenvalue weighted by molar-refractivity contribution is 6.76. The van der Waals surface area contributed by atoms with E-state index in [4.69, 9.17) is 9.84 Å². The van der Waals surface area contributed by atoms with E-state index < -0.39 is 19.9 Å². The van der Waals surface area contributed by atoms with Crippen LogP contribution in [0.15, 0.2) is 30.5 Å². The lowest BCUT2D eigenvalue weighted by Crippen LogP contribution is -2.22. The van der Waals surface area contributed by atoms with E-state index in [1.807, 2.05) is 0 Å². The highest BCUT2D eigenvalue weighted by Crippen LogP contribution is 2.31. The Labute approximate surface area is 146 Å². The van der Waals surface area contributed by atoms with Gasteiger partial charge in [0, 0.05) is 26.4 Å². The largest absolute Gasteiger partial charge is 0.434 e. The maximum Gasteiger partial charge on any atom is 0.434 e. The zero-order valence-corrected chi connectivity index (χ0v) is 15.6. The van der Waals surface area contributed by atoms with Crippen molar-refractivity contribution in [1.82, 2.24) is 9.55 Å². The SMILES string of the molecule is C[Si](C)(C)CCOCn1cc(C(F)(F)F)nc1-c1ccc(CO)cc1. The number of ether oxygens (including phenoxy) is 1. The zero-order chi connectivity index (χ0) is 18.7. The van der Waals surface area contributed by atoms with Crippen molar-refractivity contribution >= 4 is 8.07 Å². The zero-order valence-electron chi connectivity index (χ0n) is 14.6. The first-order chi connectivity index (χ1) is 11.6. The topological polar surface area (TPSA) is 47.3 Å². The number of aliphatic hydroxyl groups is 1. The van der Waals surface area contributed by atoms with Crippen LogP contribution in [0.25, 0.3) is 11.4 Å². The van der Waals surface area contributed by atoms with E-state index >= 15 is 0 Å². The number of imidazole rings is 1. The first-order valence-corrected chi connectivity index (χ1v) is 11.7. The maximum atomic E-state index is 13.0. The predicted octanol–water partition coefficient (Wildman–Crippen LogP) is 4.37. The monoisotopic (exact) mass is 372 g/mol. The summed E-state index contributed by atoms with van der Waals surface area (Å²) in [6, 6.07) is 7.55. The van der Waals surface area contributed by atoms with E-state index in [2.05, 4.69) is 24.6 Å². The third-order valence-corrected chi connectivity index (χ3v) is 5.39. The molecule has 0 aliphatic carbocycles. The number of benzene rings is 1. The number of rotatable bonds is 7. The van der Waals surface area contributed by atoms with E-state index in [1.165, 1.54) is 4.57 Å². The Balaban J connectivity index is 2.22. The van der Waals surface area contributed by atoms with E-state index in [0.717, 1.165) is 12.2 Å². The van der Waals surface area contributed by atoms with E-state index in [0.29, 0.717) is 17.7 Å². The molecule has 0 saturated carbocycles. The van der Waals surface area contributed by atoms with Crippen LogP contribution in [-0.2, 0) is 24.3 Å². The van der Waals surface area contributed by atoms with Gasteiger partial charge in [0.25, 0.3) is 0 Å². The van der Waals surface area contributed by atoms with Crippen LogP contribution in [0.1, 0.15) is 11.3 Å². The summed E-state index contributed by atoms with van der Waals surface area (Å²) in [4.78, 5) is 3.74. The number of nitrogens with zero attached hydrogens (tertiary/aromatic N) is 2. The summed E-state index contributed by atoms with van der Waals surface area (Å²) in [5.41, 5.74) is 0.285. The van der Waals surface area contributed by atoms with Gasteiger partial charge in [-0.3, -0.25) is 0 Å². The molecular formula is C17H23F3N2O2Si. The van der Waals surface area contributed by atoms with Crippen molar-refractivity contribution in [1.29, 1.82) is 0 Å². The summed E-state index contributed by atoms with van der Waals surface area (Å²) in [6.07, 6.45) is -3.53. The highest BCUT2D eigenvalue weighted by atomic mass is 28.3. The van der Waals surface area contributed by atoms with Gasteiger partial charge in [-0.1, -0.05) is 43.9 Å². The molecule has 0 amide bonds. The molecule has 0 aliphatic heterocycles. The molecule has 0 unspecified atom stereocenters. The molecule has 1 heterocycles.